The maximum absolute atomic E-state index is 13.6. The van der Waals surface area contributed by atoms with Crippen LogP contribution < -0.4 is 0 Å². The van der Waals surface area contributed by atoms with Crippen LogP contribution in [0.2, 0.25) is 0 Å². The van der Waals surface area contributed by atoms with Gasteiger partial charge in [-0.05, 0) is 66.2 Å². The first-order chi connectivity index (χ1) is 18.1. The molecule has 5 nitrogen and oxygen atoms in total. The van der Waals surface area contributed by atoms with Crippen LogP contribution in [-0.2, 0) is 11.2 Å². The fourth-order valence-corrected chi connectivity index (χ4v) is 5.33. The Morgan fingerprint density at radius 1 is 0.973 bits per heavy atom. The number of aromatic nitrogens is 1. The van der Waals surface area contributed by atoms with E-state index in [1.54, 1.807) is 35.2 Å². The van der Waals surface area contributed by atoms with E-state index in [-0.39, 0.29) is 11.7 Å². The lowest BCUT2D eigenvalue weighted by Crippen LogP contribution is -2.31. The molecule has 0 saturated carbocycles. The van der Waals surface area contributed by atoms with Crippen LogP contribution in [0.15, 0.2) is 112 Å². The Balaban J connectivity index is 1.29. The highest BCUT2D eigenvalue weighted by Gasteiger charge is 2.33. The predicted octanol–water partition coefficient (Wildman–Crippen LogP) is 7.41. The zero-order valence-corrected chi connectivity index (χ0v) is 20.5. The summed E-state index contributed by atoms with van der Waals surface area (Å²) < 4.78 is 19.6. The Kier molecular flexibility index (Phi) is 6.20. The van der Waals surface area contributed by atoms with Gasteiger partial charge in [0.05, 0.1) is 10.6 Å². The van der Waals surface area contributed by atoms with E-state index in [1.165, 1.54) is 23.9 Å². The second-order valence-electron chi connectivity index (χ2n) is 8.62. The van der Waals surface area contributed by atoms with Gasteiger partial charge in [0.15, 0.2) is 5.17 Å². The summed E-state index contributed by atoms with van der Waals surface area (Å²) in [5, 5.41) is 1.78. The van der Waals surface area contributed by atoms with E-state index in [2.05, 4.69) is 11.1 Å². The van der Waals surface area contributed by atoms with E-state index in [0.717, 1.165) is 22.2 Å². The molecule has 1 amide bonds. The van der Waals surface area contributed by atoms with Crippen molar-refractivity contribution in [1.82, 2.24) is 9.88 Å². The fraction of sp³-hybridized carbons (Fsp3) is 0.0667. The standard InChI is InChI=1S/C30H22FN3O2S/c31-22-8-6-7-20(17-22)27-14-13-24(36-27)18-28-29(35)34(30(37-28)33-23-9-2-1-3-10-23)16-15-21-19-32-26-12-5-4-11-25(21)26/h1-14,17-19,32H,15-16H2/b28-18+,33-30?. The Bertz CT molecular complexity index is 1650. The van der Waals surface area contributed by atoms with Gasteiger partial charge < -0.3 is 9.40 Å². The third-order valence-electron chi connectivity index (χ3n) is 6.16. The van der Waals surface area contributed by atoms with Gasteiger partial charge in [-0.2, -0.15) is 0 Å². The van der Waals surface area contributed by atoms with E-state index < -0.39 is 0 Å². The number of nitrogens with zero attached hydrogens (tertiary/aromatic N) is 2. The first-order valence-electron chi connectivity index (χ1n) is 11.9. The van der Waals surface area contributed by atoms with Crippen molar-refractivity contribution >= 4 is 45.5 Å². The molecule has 5 aromatic rings. The van der Waals surface area contributed by atoms with Crippen molar-refractivity contribution in [2.75, 3.05) is 6.54 Å². The number of furan rings is 1. The van der Waals surface area contributed by atoms with Crippen LogP contribution in [0.1, 0.15) is 11.3 Å². The number of carbonyl (C=O) groups excluding carboxylic acids is 1. The summed E-state index contributed by atoms with van der Waals surface area (Å²) in [5.74, 6) is 0.606. The lowest BCUT2D eigenvalue weighted by atomic mass is 10.1. The molecule has 0 bridgehead atoms. The van der Waals surface area contributed by atoms with E-state index in [0.29, 0.717) is 40.1 Å². The normalized spacial score (nSPS) is 15.9. The number of aliphatic imine (C=N–C) groups is 1. The molecule has 1 fully saturated rings. The lowest BCUT2D eigenvalue weighted by molar-refractivity contribution is -0.122. The second-order valence-corrected chi connectivity index (χ2v) is 9.63. The summed E-state index contributed by atoms with van der Waals surface area (Å²) in [4.78, 5) is 23.8. The van der Waals surface area contributed by atoms with Gasteiger partial charge in [0, 0.05) is 35.3 Å². The summed E-state index contributed by atoms with van der Waals surface area (Å²) >= 11 is 1.32. The highest BCUT2D eigenvalue weighted by atomic mass is 32.2. The first kappa shape index (κ1) is 23.1. The van der Waals surface area contributed by atoms with E-state index in [1.807, 2.05) is 54.7 Å². The van der Waals surface area contributed by atoms with Gasteiger partial charge in [-0.3, -0.25) is 9.69 Å². The van der Waals surface area contributed by atoms with Crippen molar-refractivity contribution in [3.05, 3.63) is 119 Å². The maximum Gasteiger partial charge on any atom is 0.266 e. The minimum absolute atomic E-state index is 0.122. The maximum atomic E-state index is 13.6. The van der Waals surface area contributed by atoms with Gasteiger partial charge in [-0.15, -0.1) is 0 Å². The topological polar surface area (TPSA) is 61.6 Å². The minimum Gasteiger partial charge on any atom is -0.457 e. The lowest BCUT2D eigenvalue weighted by Gasteiger charge is -2.15. The second kappa shape index (κ2) is 9.95. The highest BCUT2D eigenvalue weighted by molar-refractivity contribution is 8.18. The number of H-pyrrole nitrogens is 1. The molecule has 37 heavy (non-hydrogen) atoms. The number of amidine groups is 1. The van der Waals surface area contributed by atoms with Crippen molar-refractivity contribution in [3.8, 4) is 11.3 Å². The largest absolute Gasteiger partial charge is 0.457 e. The minimum atomic E-state index is -0.331. The molecule has 0 radical (unpaired) electrons. The molecule has 3 aromatic carbocycles. The molecule has 1 aliphatic rings. The number of benzene rings is 3. The van der Waals surface area contributed by atoms with Gasteiger partial charge in [0.2, 0.25) is 0 Å². The molecule has 7 heteroatoms. The number of carbonyl (C=O) groups is 1. The number of hydrogen-bond donors (Lipinski definition) is 1. The van der Waals surface area contributed by atoms with Gasteiger partial charge >= 0.3 is 0 Å². The zero-order valence-electron chi connectivity index (χ0n) is 19.7. The molecule has 1 aliphatic heterocycles. The van der Waals surface area contributed by atoms with Crippen LogP contribution in [0.25, 0.3) is 28.3 Å². The summed E-state index contributed by atoms with van der Waals surface area (Å²) in [5.41, 5.74) is 3.64. The smallest absolute Gasteiger partial charge is 0.266 e. The Labute approximate surface area is 217 Å². The molecule has 1 N–H and O–H groups in total. The van der Waals surface area contributed by atoms with Crippen LogP contribution >= 0.6 is 11.8 Å². The third-order valence-corrected chi connectivity index (χ3v) is 7.16. The summed E-state index contributed by atoms with van der Waals surface area (Å²) in [6.45, 7) is 0.489. The number of thioether (sulfide) groups is 1. The van der Waals surface area contributed by atoms with Crippen LogP contribution in [0.5, 0.6) is 0 Å². The number of amides is 1. The molecule has 3 heterocycles. The average molecular weight is 508 g/mol. The molecule has 0 atom stereocenters. The number of rotatable bonds is 6. The fourth-order valence-electron chi connectivity index (χ4n) is 4.33. The number of nitrogens with one attached hydrogen (secondary N) is 1. The first-order valence-corrected chi connectivity index (χ1v) is 12.7. The number of hydrogen-bond acceptors (Lipinski definition) is 4. The van der Waals surface area contributed by atoms with Crippen molar-refractivity contribution in [2.45, 2.75) is 6.42 Å². The van der Waals surface area contributed by atoms with E-state index >= 15 is 0 Å². The molecule has 182 valence electrons. The molecule has 1 saturated heterocycles. The van der Waals surface area contributed by atoms with Crippen molar-refractivity contribution in [1.29, 1.82) is 0 Å². The van der Waals surface area contributed by atoms with Gasteiger partial charge in [-0.1, -0.05) is 48.5 Å². The van der Waals surface area contributed by atoms with Gasteiger partial charge in [0.25, 0.3) is 5.91 Å². The Morgan fingerprint density at radius 2 is 1.81 bits per heavy atom. The van der Waals surface area contributed by atoms with Crippen LogP contribution in [0.4, 0.5) is 10.1 Å². The Hall–Kier alpha value is -4.36. The SMILES string of the molecule is O=C1/C(=C\c2ccc(-c3cccc(F)c3)o2)SC(=Nc2ccccc2)N1CCc1c[nH]c2ccccc12. The van der Waals surface area contributed by atoms with Crippen LogP contribution in [-0.4, -0.2) is 27.5 Å². The Morgan fingerprint density at radius 3 is 2.68 bits per heavy atom. The summed E-state index contributed by atoms with van der Waals surface area (Å²) in [7, 11) is 0. The monoisotopic (exact) mass is 507 g/mol. The molecule has 6 rings (SSSR count). The molecular formula is C30H22FN3O2S. The summed E-state index contributed by atoms with van der Waals surface area (Å²) in [6, 6.07) is 27.5. The third kappa shape index (κ3) is 4.86. The molecular weight excluding hydrogens is 485 g/mol. The van der Waals surface area contributed by atoms with E-state index in [9.17, 15) is 9.18 Å². The molecule has 0 aliphatic carbocycles. The molecule has 0 spiro atoms. The summed E-state index contributed by atoms with van der Waals surface area (Å²) in [6.07, 6.45) is 4.41. The average Bonchev–Trinajstić information content (AvgIpc) is 3.62. The van der Waals surface area contributed by atoms with Crippen molar-refractivity contribution in [2.24, 2.45) is 4.99 Å². The zero-order chi connectivity index (χ0) is 25.2. The van der Waals surface area contributed by atoms with E-state index in [4.69, 9.17) is 9.41 Å². The van der Waals surface area contributed by atoms with Crippen LogP contribution in [0.3, 0.4) is 0 Å². The van der Waals surface area contributed by atoms with Gasteiger partial charge in [-0.25, -0.2) is 9.38 Å². The number of halogens is 1. The number of para-hydroxylation sites is 2. The van der Waals surface area contributed by atoms with Gasteiger partial charge in [0.1, 0.15) is 17.3 Å². The predicted molar refractivity (Wildman–Crippen MR) is 147 cm³/mol. The quantitative estimate of drug-likeness (QED) is 0.243. The van der Waals surface area contributed by atoms with Crippen molar-refractivity contribution < 1.29 is 13.6 Å². The number of aromatic amines is 1. The number of fused-ring (bicyclic) bond motifs is 1. The highest BCUT2D eigenvalue weighted by Crippen LogP contribution is 2.35. The molecule has 2 aromatic heterocycles. The van der Waals surface area contributed by atoms with Crippen LogP contribution in [0, 0.1) is 5.82 Å². The molecule has 0 unspecified atom stereocenters. The van der Waals surface area contributed by atoms with Crippen molar-refractivity contribution in [3.63, 3.8) is 0 Å².